The molecule has 0 aromatic rings. The first-order chi connectivity index (χ1) is 13.4. The summed E-state index contributed by atoms with van der Waals surface area (Å²) in [6.45, 7) is 6.79. The molecule has 0 fully saturated rings. The fourth-order valence-electron chi connectivity index (χ4n) is 3.44. The summed E-state index contributed by atoms with van der Waals surface area (Å²) in [6.07, 6.45) is 17.1. The third-order valence-corrected chi connectivity index (χ3v) is 6.36. The van der Waals surface area contributed by atoms with Crippen molar-refractivity contribution in [1.82, 2.24) is 0 Å². The van der Waals surface area contributed by atoms with E-state index in [-0.39, 0.29) is 13.2 Å². The van der Waals surface area contributed by atoms with Gasteiger partial charge < -0.3 is 5.73 Å². The van der Waals surface area contributed by atoms with Crippen LogP contribution >= 0.6 is 0 Å². The summed E-state index contributed by atoms with van der Waals surface area (Å²) in [5.74, 6) is 0. The zero-order chi connectivity index (χ0) is 21.1. The van der Waals surface area contributed by atoms with Crippen LogP contribution < -0.4 is 5.73 Å². The average Bonchev–Trinajstić information content (AvgIpc) is 2.68. The molecule has 0 aromatic carbocycles. The van der Waals surface area contributed by atoms with Gasteiger partial charge in [0, 0.05) is 6.54 Å². The Hall–Kier alpha value is -0.170. The van der Waals surface area contributed by atoms with Crippen molar-refractivity contribution in [3.05, 3.63) is 0 Å². The molecule has 0 bridgehead atoms. The quantitative estimate of drug-likeness (QED) is 0.221. The second kappa shape index (κ2) is 17.7. The van der Waals surface area contributed by atoms with E-state index < -0.39 is 16.0 Å². The Morgan fingerprint density at radius 2 is 1.11 bits per heavy atom. The van der Waals surface area contributed by atoms with Gasteiger partial charge in [-0.1, -0.05) is 104 Å². The first-order valence-electron chi connectivity index (χ1n) is 11.7. The van der Waals surface area contributed by atoms with Crippen molar-refractivity contribution in [3.63, 3.8) is 0 Å². The molecule has 0 heterocycles. The molecule has 0 aromatic heterocycles. The van der Waals surface area contributed by atoms with Crippen molar-refractivity contribution in [2.45, 2.75) is 129 Å². The van der Waals surface area contributed by atoms with Gasteiger partial charge in [0.2, 0.25) is 0 Å². The summed E-state index contributed by atoms with van der Waals surface area (Å²) in [5.41, 5.74) is 5.10. The Morgan fingerprint density at radius 1 is 0.679 bits per heavy atom. The van der Waals surface area contributed by atoms with E-state index >= 15 is 0 Å². The van der Waals surface area contributed by atoms with Crippen LogP contribution in [0.5, 0.6) is 0 Å². The van der Waals surface area contributed by atoms with Crippen molar-refractivity contribution in [2.24, 2.45) is 5.73 Å². The van der Waals surface area contributed by atoms with E-state index in [2.05, 4.69) is 20.8 Å². The van der Waals surface area contributed by atoms with Crippen LogP contribution in [0.1, 0.15) is 124 Å². The van der Waals surface area contributed by atoms with E-state index in [0.29, 0.717) is 12.8 Å². The molecule has 0 amide bonds. The van der Waals surface area contributed by atoms with Gasteiger partial charge in [0.1, 0.15) is 5.60 Å². The second-order valence-corrected chi connectivity index (χ2v) is 9.31. The third-order valence-electron chi connectivity index (χ3n) is 5.35. The first-order valence-corrected chi connectivity index (χ1v) is 13.1. The molecule has 0 unspecified atom stereocenters. The Balaban J connectivity index is 4.09. The van der Waals surface area contributed by atoms with Crippen LogP contribution in [0.25, 0.3) is 0 Å². The van der Waals surface area contributed by atoms with Gasteiger partial charge >= 0.3 is 10.4 Å². The lowest BCUT2D eigenvalue weighted by atomic mass is 9.91. The van der Waals surface area contributed by atoms with Gasteiger partial charge in [-0.05, 0) is 19.3 Å². The molecule has 0 atom stereocenters. The number of hydrogen-bond donors (Lipinski definition) is 1. The fourth-order valence-corrected chi connectivity index (χ4v) is 4.47. The lowest BCUT2D eigenvalue weighted by Gasteiger charge is -2.31. The number of hydrogen-bond acceptors (Lipinski definition) is 5. The van der Waals surface area contributed by atoms with Gasteiger partial charge in [-0.3, -0.25) is 0 Å². The van der Waals surface area contributed by atoms with E-state index in [1.54, 1.807) is 0 Å². The van der Waals surface area contributed by atoms with E-state index in [4.69, 9.17) is 14.1 Å². The lowest BCUT2D eigenvalue weighted by Crippen LogP contribution is -2.43. The van der Waals surface area contributed by atoms with Gasteiger partial charge in [-0.15, -0.1) is 0 Å². The molecule has 28 heavy (non-hydrogen) atoms. The van der Waals surface area contributed by atoms with Gasteiger partial charge in [-0.25, -0.2) is 8.37 Å². The van der Waals surface area contributed by atoms with Crippen molar-refractivity contribution < 1.29 is 16.8 Å². The highest BCUT2D eigenvalue weighted by atomic mass is 32.3. The maximum Gasteiger partial charge on any atom is 0.400 e. The summed E-state index contributed by atoms with van der Waals surface area (Å²) in [5, 5.41) is 0. The minimum absolute atomic E-state index is 0.195. The normalized spacial score (nSPS) is 12.6. The minimum Gasteiger partial charge on any atom is -0.328 e. The van der Waals surface area contributed by atoms with Crippen molar-refractivity contribution in [1.29, 1.82) is 0 Å². The van der Waals surface area contributed by atoms with Crippen molar-refractivity contribution in [3.8, 4) is 0 Å². The predicted octanol–water partition coefficient (Wildman–Crippen LogP) is 6.26. The fraction of sp³-hybridized carbons (Fsp3) is 1.00. The van der Waals surface area contributed by atoms with Crippen LogP contribution in [0, 0.1) is 0 Å². The van der Waals surface area contributed by atoms with Gasteiger partial charge in [-0.2, -0.15) is 8.42 Å². The summed E-state index contributed by atoms with van der Waals surface area (Å²) < 4.78 is 35.2. The summed E-state index contributed by atoms with van der Waals surface area (Å²) in [4.78, 5) is 0. The van der Waals surface area contributed by atoms with Crippen LogP contribution in [0.15, 0.2) is 0 Å². The van der Waals surface area contributed by atoms with E-state index in [0.717, 1.165) is 44.9 Å². The third kappa shape index (κ3) is 14.8. The molecule has 0 aliphatic heterocycles. The van der Waals surface area contributed by atoms with Crippen LogP contribution in [-0.2, 0) is 18.8 Å². The Labute approximate surface area is 175 Å². The lowest BCUT2D eigenvalue weighted by molar-refractivity contribution is 0.0403. The van der Waals surface area contributed by atoms with Crippen LogP contribution in [0.3, 0.4) is 0 Å². The van der Waals surface area contributed by atoms with Gasteiger partial charge in [0.25, 0.3) is 0 Å². The van der Waals surface area contributed by atoms with Crippen LogP contribution in [0.2, 0.25) is 0 Å². The standard InChI is InChI=1S/C22H47NO4S/c1-4-7-10-11-12-13-14-15-16-17-20-26-28(24,25)27-22(21-23,18-8-5-2)19-9-6-3/h4-21,23H2,1-3H3. The van der Waals surface area contributed by atoms with Crippen molar-refractivity contribution in [2.75, 3.05) is 13.2 Å². The number of nitrogens with two attached hydrogens (primary N) is 1. The van der Waals surface area contributed by atoms with E-state index in [1.165, 1.54) is 44.9 Å². The smallest absolute Gasteiger partial charge is 0.328 e. The zero-order valence-corrected chi connectivity index (χ0v) is 19.7. The highest BCUT2D eigenvalue weighted by Crippen LogP contribution is 2.27. The van der Waals surface area contributed by atoms with E-state index in [9.17, 15) is 8.42 Å². The Bertz CT molecular complexity index is 432. The van der Waals surface area contributed by atoms with Crippen molar-refractivity contribution >= 4 is 10.4 Å². The average molecular weight is 422 g/mol. The molecule has 0 aliphatic carbocycles. The SMILES string of the molecule is CCCCCCCCCCCCOS(=O)(=O)OC(CN)(CCCC)CCCC. The van der Waals surface area contributed by atoms with Gasteiger partial charge in [0.15, 0.2) is 0 Å². The monoisotopic (exact) mass is 421 g/mol. The molecule has 170 valence electrons. The second-order valence-electron chi connectivity index (χ2n) is 8.09. The maximum atomic E-state index is 12.3. The molecule has 5 nitrogen and oxygen atoms in total. The topological polar surface area (TPSA) is 78.6 Å². The number of unbranched alkanes of at least 4 members (excludes halogenated alkanes) is 11. The maximum absolute atomic E-state index is 12.3. The molecule has 0 rings (SSSR count). The molecular weight excluding hydrogens is 374 g/mol. The molecule has 0 saturated carbocycles. The van der Waals surface area contributed by atoms with E-state index in [1.807, 2.05) is 0 Å². The first kappa shape index (κ1) is 27.8. The van der Waals surface area contributed by atoms with Crippen LogP contribution in [-0.4, -0.2) is 27.2 Å². The summed E-state index contributed by atoms with van der Waals surface area (Å²) in [6, 6.07) is 0. The predicted molar refractivity (Wildman–Crippen MR) is 119 cm³/mol. The number of rotatable bonds is 21. The molecule has 0 spiro atoms. The molecular formula is C22H47NO4S. The summed E-state index contributed by atoms with van der Waals surface area (Å²) >= 11 is 0. The molecule has 0 aliphatic rings. The highest BCUT2D eigenvalue weighted by Gasteiger charge is 2.34. The Kier molecular flexibility index (Phi) is 17.6. The minimum atomic E-state index is -4.00. The highest BCUT2D eigenvalue weighted by molar-refractivity contribution is 7.81. The Morgan fingerprint density at radius 3 is 1.54 bits per heavy atom. The molecule has 0 saturated heterocycles. The molecule has 6 heteroatoms. The summed E-state index contributed by atoms with van der Waals surface area (Å²) in [7, 11) is -4.00. The van der Waals surface area contributed by atoms with Gasteiger partial charge in [0.05, 0.1) is 6.61 Å². The largest absolute Gasteiger partial charge is 0.400 e. The molecule has 2 N–H and O–H groups in total. The zero-order valence-electron chi connectivity index (χ0n) is 18.8. The van der Waals surface area contributed by atoms with Crippen LogP contribution in [0.4, 0.5) is 0 Å². The molecule has 0 radical (unpaired) electrons.